The summed E-state index contributed by atoms with van der Waals surface area (Å²) < 4.78 is 77.7. The minimum Gasteiger partial charge on any atom is -0.382 e. The van der Waals surface area contributed by atoms with Gasteiger partial charge in [-0.05, 0) is 42.7 Å². The van der Waals surface area contributed by atoms with Crippen LogP contribution in [0.3, 0.4) is 0 Å². The summed E-state index contributed by atoms with van der Waals surface area (Å²) in [5.41, 5.74) is 0.361. The topological polar surface area (TPSA) is 78.5 Å². The lowest BCUT2D eigenvalue weighted by Crippen LogP contribution is -2.45. The first-order valence-electron chi connectivity index (χ1n) is 10.0. The molecule has 11 heteroatoms. The van der Waals surface area contributed by atoms with Crippen molar-refractivity contribution < 1.29 is 30.8 Å². The molecule has 174 valence electrons. The number of alkyl halides is 3. The summed E-state index contributed by atoms with van der Waals surface area (Å²) in [5, 5.41) is 5.05. The zero-order chi connectivity index (χ0) is 23.4. The zero-order valence-electron chi connectivity index (χ0n) is 17.0. The van der Waals surface area contributed by atoms with E-state index in [9.17, 15) is 30.8 Å². The fraction of sp³-hybridized carbons (Fsp3) is 0.381. The molecule has 32 heavy (non-hydrogen) atoms. The molecule has 1 aliphatic rings. The van der Waals surface area contributed by atoms with E-state index < -0.39 is 46.9 Å². The van der Waals surface area contributed by atoms with Gasteiger partial charge in [-0.1, -0.05) is 24.3 Å². The van der Waals surface area contributed by atoms with Gasteiger partial charge in [-0.3, -0.25) is 4.79 Å². The fourth-order valence-electron chi connectivity index (χ4n) is 3.48. The van der Waals surface area contributed by atoms with Gasteiger partial charge in [-0.2, -0.15) is 17.5 Å². The molecule has 3 rings (SSSR count). The van der Waals surface area contributed by atoms with Crippen LogP contribution in [0, 0.1) is 5.82 Å². The van der Waals surface area contributed by atoms with Crippen LogP contribution in [0.2, 0.25) is 0 Å². The Kier molecular flexibility index (Phi) is 7.40. The van der Waals surface area contributed by atoms with E-state index >= 15 is 0 Å². The normalized spacial score (nSPS) is 17.3. The quantitative estimate of drug-likeness (QED) is 0.574. The molecule has 6 nitrogen and oxygen atoms in total. The van der Waals surface area contributed by atoms with Crippen LogP contribution in [0.4, 0.5) is 23.2 Å². The summed E-state index contributed by atoms with van der Waals surface area (Å²) >= 11 is 0. The van der Waals surface area contributed by atoms with Crippen LogP contribution in [0.15, 0.2) is 53.4 Å². The van der Waals surface area contributed by atoms with Crippen LogP contribution in [-0.2, 0) is 21.4 Å². The van der Waals surface area contributed by atoms with Crippen molar-refractivity contribution in [3.63, 3.8) is 0 Å². The average Bonchev–Trinajstić information content (AvgIpc) is 3.24. The van der Waals surface area contributed by atoms with Crippen molar-refractivity contribution in [3.8, 4) is 0 Å². The molecule has 2 N–H and O–H groups in total. The zero-order valence-corrected chi connectivity index (χ0v) is 17.8. The second-order valence-corrected chi connectivity index (χ2v) is 9.30. The summed E-state index contributed by atoms with van der Waals surface area (Å²) in [6.07, 6.45) is -4.57. The molecule has 0 radical (unpaired) electrons. The van der Waals surface area contributed by atoms with E-state index in [-0.39, 0.29) is 23.7 Å². The van der Waals surface area contributed by atoms with E-state index in [1.807, 2.05) is 0 Å². The predicted octanol–water partition coefficient (Wildman–Crippen LogP) is 3.66. The van der Waals surface area contributed by atoms with Crippen molar-refractivity contribution >= 4 is 21.6 Å². The Bertz CT molecular complexity index is 1050. The van der Waals surface area contributed by atoms with Gasteiger partial charge in [0, 0.05) is 19.6 Å². The molecule has 0 saturated carbocycles. The number of nitrogens with zero attached hydrogens (tertiary/aromatic N) is 1. The van der Waals surface area contributed by atoms with Gasteiger partial charge in [0.1, 0.15) is 11.9 Å². The Morgan fingerprint density at radius 1 is 1.12 bits per heavy atom. The van der Waals surface area contributed by atoms with Gasteiger partial charge < -0.3 is 10.6 Å². The smallest absolute Gasteiger partial charge is 0.382 e. The van der Waals surface area contributed by atoms with E-state index in [2.05, 4.69) is 10.6 Å². The van der Waals surface area contributed by atoms with Gasteiger partial charge in [0.05, 0.1) is 17.0 Å². The highest BCUT2D eigenvalue weighted by Gasteiger charge is 2.39. The highest BCUT2D eigenvalue weighted by atomic mass is 32.2. The van der Waals surface area contributed by atoms with E-state index in [4.69, 9.17) is 0 Å². The second kappa shape index (κ2) is 9.86. The molecule has 0 bridgehead atoms. The number of benzene rings is 2. The van der Waals surface area contributed by atoms with Gasteiger partial charge in [-0.15, -0.1) is 0 Å². The van der Waals surface area contributed by atoms with E-state index in [1.54, 1.807) is 18.2 Å². The molecule has 1 aliphatic heterocycles. The number of rotatable bonds is 8. The molecule has 1 atom stereocenters. The SMILES string of the molecule is O=C(NCc1ccc(F)c(NCCC(F)(F)F)c1)C1CCCN1S(=O)(=O)c1ccccc1. The summed E-state index contributed by atoms with van der Waals surface area (Å²) in [5.74, 6) is -1.20. The molecule has 1 heterocycles. The standard InChI is InChI=1S/C21H23F4N3O3S/c22-17-9-8-15(13-18(17)26-11-10-21(23,24)25)14-27-20(29)19-7-4-12-28(19)32(30,31)16-5-2-1-3-6-16/h1-3,5-6,8-9,13,19,26H,4,7,10-12,14H2,(H,27,29). The third-order valence-corrected chi connectivity index (χ3v) is 7.00. The number of hydrogen-bond donors (Lipinski definition) is 2. The number of nitrogens with one attached hydrogen (secondary N) is 2. The Hall–Kier alpha value is -2.66. The largest absolute Gasteiger partial charge is 0.390 e. The van der Waals surface area contributed by atoms with E-state index in [0.29, 0.717) is 18.4 Å². The number of carbonyl (C=O) groups is 1. The molecule has 0 aliphatic carbocycles. The predicted molar refractivity (Wildman–Crippen MR) is 111 cm³/mol. The minimum absolute atomic E-state index is 0.0250. The van der Waals surface area contributed by atoms with Crippen LogP contribution >= 0.6 is 0 Å². The first kappa shape index (κ1) is 24.0. The minimum atomic E-state index is -4.36. The van der Waals surface area contributed by atoms with Crippen LogP contribution in [0.5, 0.6) is 0 Å². The van der Waals surface area contributed by atoms with Crippen molar-refractivity contribution in [2.45, 2.75) is 42.9 Å². The first-order chi connectivity index (χ1) is 15.1. The molecule has 0 aromatic heterocycles. The van der Waals surface area contributed by atoms with Gasteiger partial charge >= 0.3 is 6.18 Å². The number of sulfonamides is 1. The number of carbonyl (C=O) groups excluding carboxylic acids is 1. The molecule has 0 spiro atoms. The summed E-state index contributed by atoms with van der Waals surface area (Å²) in [6.45, 7) is -0.285. The maximum absolute atomic E-state index is 13.9. The van der Waals surface area contributed by atoms with Gasteiger partial charge in [-0.25, -0.2) is 12.8 Å². The van der Waals surface area contributed by atoms with Crippen LogP contribution < -0.4 is 10.6 Å². The Labute approximate surface area is 183 Å². The molecular formula is C21H23F4N3O3S. The van der Waals surface area contributed by atoms with Crippen LogP contribution in [-0.4, -0.2) is 43.9 Å². The molecule has 2 aromatic carbocycles. The lowest BCUT2D eigenvalue weighted by atomic mass is 10.1. The van der Waals surface area contributed by atoms with Gasteiger partial charge in [0.25, 0.3) is 0 Å². The maximum atomic E-state index is 13.9. The first-order valence-corrected chi connectivity index (χ1v) is 11.5. The third-order valence-electron chi connectivity index (χ3n) is 5.08. The monoisotopic (exact) mass is 473 g/mol. The molecule has 1 fully saturated rings. The average molecular weight is 473 g/mol. The van der Waals surface area contributed by atoms with Crippen LogP contribution in [0.1, 0.15) is 24.8 Å². The molecule has 1 saturated heterocycles. The second-order valence-electron chi connectivity index (χ2n) is 7.41. The molecule has 1 unspecified atom stereocenters. The lowest BCUT2D eigenvalue weighted by molar-refractivity contribution is -0.131. The fourth-order valence-corrected chi connectivity index (χ4v) is 5.16. The van der Waals surface area contributed by atoms with Crippen LogP contribution in [0.25, 0.3) is 0 Å². The van der Waals surface area contributed by atoms with Gasteiger partial charge in [0.2, 0.25) is 15.9 Å². The molecule has 2 aromatic rings. The Balaban J connectivity index is 1.63. The van der Waals surface area contributed by atoms with Crippen molar-refractivity contribution in [1.29, 1.82) is 0 Å². The summed E-state index contributed by atoms with van der Waals surface area (Å²) in [6, 6.07) is 10.8. The van der Waals surface area contributed by atoms with E-state index in [0.717, 1.165) is 6.07 Å². The number of amides is 1. The van der Waals surface area contributed by atoms with Gasteiger partial charge in [0.15, 0.2) is 0 Å². The highest BCUT2D eigenvalue weighted by molar-refractivity contribution is 7.89. The third kappa shape index (κ3) is 5.98. The van der Waals surface area contributed by atoms with Crippen molar-refractivity contribution in [2.24, 2.45) is 0 Å². The maximum Gasteiger partial charge on any atom is 0.390 e. The van der Waals surface area contributed by atoms with E-state index in [1.165, 1.54) is 28.6 Å². The van der Waals surface area contributed by atoms with Crippen molar-refractivity contribution in [2.75, 3.05) is 18.4 Å². The molecular weight excluding hydrogens is 450 g/mol. The van der Waals surface area contributed by atoms with Crippen molar-refractivity contribution in [1.82, 2.24) is 9.62 Å². The lowest BCUT2D eigenvalue weighted by Gasteiger charge is -2.23. The number of halogens is 4. The van der Waals surface area contributed by atoms with Crippen molar-refractivity contribution in [3.05, 3.63) is 59.9 Å². The summed E-state index contributed by atoms with van der Waals surface area (Å²) in [4.78, 5) is 12.8. The Morgan fingerprint density at radius 3 is 2.53 bits per heavy atom. The Morgan fingerprint density at radius 2 is 1.84 bits per heavy atom. The highest BCUT2D eigenvalue weighted by Crippen LogP contribution is 2.26. The number of hydrogen-bond acceptors (Lipinski definition) is 4. The number of anilines is 1. The summed E-state index contributed by atoms with van der Waals surface area (Å²) in [7, 11) is -3.83. The molecule has 1 amide bonds.